The molecule has 0 saturated heterocycles. The van der Waals surface area contributed by atoms with Gasteiger partial charge < -0.3 is 5.32 Å². The molecular formula is C15H16N2O2S2. The van der Waals surface area contributed by atoms with Gasteiger partial charge in [0.25, 0.3) is 0 Å². The molecule has 0 aliphatic heterocycles. The fourth-order valence-corrected chi connectivity index (χ4v) is 4.26. The van der Waals surface area contributed by atoms with Crippen molar-refractivity contribution in [2.24, 2.45) is 0 Å². The van der Waals surface area contributed by atoms with E-state index in [2.05, 4.69) is 10.3 Å². The molecule has 3 rings (SSSR count). The molecule has 0 fully saturated rings. The second kappa shape index (κ2) is 6.07. The number of amides is 1. The van der Waals surface area contributed by atoms with Crippen LogP contribution in [0, 0.1) is 6.92 Å². The fourth-order valence-electron chi connectivity index (χ4n) is 2.36. The Hall–Kier alpha value is -1.53. The molecule has 1 aliphatic rings. The highest BCUT2D eigenvalue weighted by molar-refractivity contribution is 7.16. The quantitative estimate of drug-likeness (QED) is 0.856. The number of hydrogen-bond donors (Lipinski definition) is 1. The second-order valence-corrected chi connectivity index (χ2v) is 7.50. The van der Waals surface area contributed by atoms with Crippen LogP contribution in [0.1, 0.15) is 44.4 Å². The van der Waals surface area contributed by atoms with Crippen LogP contribution in [0.3, 0.4) is 0 Å². The Morgan fingerprint density at radius 3 is 2.81 bits per heavy atom. The summed E-state index contributed by atoms with van der Waals surface area (Å²) in [5.41, 5.74) is 1.13. The number of Topliss-reactive ketones (excluding diaryl/α,β-unsaturated/α-hetero) is 1. The standard InChI is InChI=1S/C15H16N2O2S2/c1-9-5-7-13(20-9)11(18)6-8-14(19)17-15-16-10-3-2-4-12(10)21-15/h5,7H,2-4,6,8H2,1H3,(H,16,17,19). The van der Waals surface area contributed by atoms with Gasteiger partial charge in [-0.1, -0.05) is 0 Å². The Morgan fingerprint density at radius 2 is 2.10 bits per heavy atom. The Bertz CT molecular complexity index is 666. The van der Waals surface area contributed by atoms with Gasteiger partial charge in [0, 0.05) is 22.6 Å². The zero-order chi connectivity index (χ0) is 14.8. The molecule has 1 aliphatic carbocycles. The Balaban J connectivity index is 1.51. The summed E-state index contributed by atoms with van der Waals surface area (Å²) in [6.45, 7) is 1.97. The van der Waals surface area contributed by atoms with Crippen molar-refractivity contribution >= 4 is 39.5 Å². The number of carbonyl (C=O) groups excluding carboxylic acids is 2. The maximum absolute atomic E-state index is 11.9. The van der Waals surface area contributed by atoms with Crippen molar-refractivity contribution in [2.75, 3.05) is 5.32 Å². The lowest BCUT2D eigenvalue weighted by molar-refractivity contribution is -0.116. The van der Waals surface area contributed by atoms with Gasteiger partial charge in [-0.2, -0.15) is 0 Å². The summed E-state index contributed by atoms with van der Waals surface area (Å²) in [6, 6.07) is 3.75. The third-order valence-corrected chi connectivity index (χ3v) is 5.55. The average Bonchev–Trinajstić information content (AvgIpc) is 3.11. The number of thiazole rings is 1. The van der Waals surface area contributed by atoms with Gasteiger partial charge >= 0.3 is 0 Å². The first kappa shape index (κ1) is 14.4. The van der Waals surface area contributed by atoms with Crippen LogP contribution in [0.4, 0.5) is 5.13 Å². The average molecular weight is 320 g/mol. The van der Waals surface area contributed by atoms with Crippen LogP contribution in [-0.4, -0.2) is 16.7 Å². The lowest BCUT2D eigenvalue weighted by Crippen LogP contribution is -2.13. The number of aromatic nitrogens is 1. The molecule has 0 saturated carbocycles. The summed E-state index contributed by atoms with van der Waals surface area (Å²) in [6.07, 6.45) is 3.70. The molecular weight excluding hydrogens is 304 g/mol. The molecule has 0 atom stereocenters. The molecule has 0 spiro atoms. The summed E-state index contributed by atoms with van der Waals surface area (Å²) in [5, 5.41) is 3.47. The predicted octanol–water partition coefficient (Wildman–Crippen LogP) is 3.60. The van der Waals surface area contributed by atoms with E-state index in [1.807, 2.05) is 19.1 Å². The number of thiophene rings is 1. The first-order valence-electron chi connectivity index (χ1n) is 7.00. The maximum atomic E-state index is 11.9. The molecule has 2 aromatic heterocycles. The molecule has 2 aromatic rings. The monoisotopic (exact) mass is 320 g/mol. The molecule has 4 nitrogen and oxygen atoms in total. The molecule has 0 aromatic carbocycles. The highest BCUT2D eigenvalue weighted by atomic mass is 32.1. The van der Waals surface area contributed by atoms with Gasteiger partial charge in [0.2, 0.25) is 5.91 Å². The van der Waals surface area contributed by atoms with Crippen LogP contribution in [0.5, 0.6) is 0 Å². The number of aryl methyl sites for hydroxylation is 3. The molecule has 21 heavy (non-hydrogen) atoms. The number of nitrogens with zero attached hydrogens (tertiary/aromatic N) is 1. The number of nitrogens with one attached hydrogen (secondary N) is 1. The van der Waals surface area contributed by atoms with Crippen LogP contribution in [0.15, 0.2) is 12.1 Å². The van der Waals surface area contributed by atoms with Crippen LogP contribution in [0.25, 0.3) is 0 Å². The number of ketones is 1. The van der Waals surface area contributed by atoms with Crippen molar-refractivity contribution in [3.8, 4) is 0 Å². The van der Waals surface area contributed by atoms with Crippen molar-refractivity contribution < 1.29 is 9.59 Å². The fraction of sp³-hybridized carbons (Fsp3) is 0.400. The van der Waals surface area contributed by atoms with E-state index in [4.69, 9.17) is 0 Å². The second-order valence-electron chi connectivity index (χ2n) is 5.12. The molecule has 1 amide bonds. The summed E-state index contributed by atoms with van der Waals surface area (Å²) < 4.78 is 0. The lowest BCUT2D eigenvalue weighted by Gasteiger charge is -2.01. The van der Waals surface area contributed by atoms with Gasteiger partial charge in [0.1, 0.15) is 0 Å². The van der Waals surface area contributed by atoms with E-state index in [0.29, 0.717) is 5.13 Å². The smallest absolute Gasteiger partial charge is 0.226 e. The zero-order valence-corrected chi connectivity index (χ0v) is 13.4. The first-order valence-corrected chi connectivity index (χ1v) is 8.63. The number of fused-ring (bicyclic) bond motifs is 1. The number of hydrogen-bond acceptors (Lipinski definition) is 5. The molecule has 1 N–H and O–H groups in total. The van der Waals surface area contributed by atoms with E-state index >= 15 is 0 Å². The molecule has 0 radical (unpaired) electrons. The maximum Gasteiger partial charge on any atom is 0.226 e. The van der Waals surface area contributed by atoms with Crippen molar-refractivity contribution in [3.63, 3.8) is 0 Å². The summed E-state index contributed by atoms with van der Waals surface area (Å²) in [4.78, 5) is 31.4. The van der Waals surface area contributed by atoms with Crippen LogP contribution in [0.2, 0.25) is 0 Å². The van der Waals surface area contributed by atoms with Crippen molar-refractivity contribution in [3.05, 3.63) is 32.5 Å². The van der Waals surface area contributed by atoms with Gasteiger partial charge in [-0.15, -0.1) is 22.7 Å². The molecule has 6 heteroatoms. The van der Waals surface area contributed by atoms with Gasteiger partial charge in [-0.05, 0) is 38.3 Å². The van der Waals surface area contributed by atoms with Gasteiger partial charge in [0.05, 0.1) is 10.6 Å². The molecule has 110 valence electrons. The van der Waals surface area contributed by atoms with E-state index in [1.165, 1.54) is 16.2 Å². The third-order valence-electron chi connectivity index (χ3n) is 3.44. The zero-order valence-electron chi connectivity index (χ0n) is 11.8. The SMILES string of the molecule is Cc1ccc(C(=O)CCC(=O)Nc2nc3c(s2)CCC3)s1. The molecule has 0 bridgehead atoms. The number of rotatable bonds is 5. The van der Waals surface area contributed by atoms with E-state index in [0.717, 1.165) is 34.7 Å². The van der Waals surface area contributed by atoms with Crippen LogP contribution < -0.4 is 5.32 Å². The van der Waals surface area contributed by atoms with Crippen molar-refractivity contribution in [1.29, 1.82) is 0 Å². The van der Waals surface area contributed by atoms with E-state index < -0.39 is 0 Å². The molecule has 2 heterocycles. The summed E-state index contributed by atoms with van der Waals surface area (Å²) in [7, 11) is 0. The van der Waals surface area contributed by atoms with Crippen molar-refractivity contribution in [2.45, 2.75) is 39.0 Å². The first-order chi connectivity index (χ1) is 10.1. The normalized spacial score (nSPS) is 13.2. The summed E-state index contributed by atoms with van der Waals surface area (Å²) in [5.74, 6) is -0.103. The predicted molar refractivity (Wildman–Crippen MR) is 85.4 cm³/mol. The third kappa shape index (κ3) is 3.39. The Labute approximate surface area is 131 Å². The van der Waals surface area contributed by atoms with Crippen LogP contribution in [-0.2, 0) is 17.6 Å². The van der Waals surface area contributed by atoms with Gasteiger partial charge in [-0.3, -0.25) is 9.59 Å². The minimum atomic E-state index is -0.135. The Kier molecular flexibility index (Phi) is 4.17. The number of carbonyl (C=O) groups is 2. The van der Waals surface area contributed by atoms with E-state index in [-0.39, 0.29) is 24.5 Å². The lowest BCUT2D eigenvalue weighted by atomic mass is 10.2. The van der Waals surface area contributed by atoms with E-state index in [1.54, 1.807) is 11.3 Å². The highest BCUT2D eigenvalue weighted by Crippen LogP contribution is 2.30. The van der Waals surface area contributed by atoms with Gasteiger partial charge in [-0.25, -0.2) is 4.98 Å². The molecule has 0 unspecified atom stereocenters. The van der Waals surface area contributed by atoms with E-state index in [9.17, 15) is 9.59 Å². The minimum absolute atomic E-state index is 0.0323. The van der Waals surface area contributed by atoms with Crippen molar-refractivity contribution in [1.82, 2.24) is 4.98 Å². The number of anilines is 1. The largest absolute Gasteiger partial charge is 0.302 e. The highest BCUT2D eigenvalue weighted by Gasteiger charge is 2.18. The minimum Gasteiger partial charge on any atom is -0.302 e. The summed E-state index contributed by atoms with van der Waals surface area (Å²) >= 11 is 3.03. The van der Waals surface area contributed by atoms with Gasteiger partial charge in [0.15, 0.2) is 10.9 Å². The van der Waals surface area contributed by atoms with Crippen LogP contribution >= 0.6 is 22.7 Å². The topological polar surface area (TPSA) is 59.1 Å². The Morgan fingerprint density at radius 1 is 1.24 bits per heavy atom.